The molecule has 0 amide bonds. The first kappa shape index (κ1) is 46.7. The quantitative estimate of drug-likeness (QED) is 0.0296. The summed E-state index contributed by atoms with van der Waals surface area (Å²) in [4.78, 5) is 12.7. The van der Waals surface area contributed by atoms with Gasteiger partial charge in [0.15, 0.2) is 6.29 Å². The van der Waals surface area contributed by atoms with Gasteiger partial charge in [0, 0.05) is 13.0 Å². The lowest BCUT2D eigenvalue weighted by molar-refractivity contribution is -0.305. The molecule has 6 atom stereocenters. The van der Waals surface area contributed by atoms with Crippen molar-refractivity contribution in [1.29, 1.82) is 0 Å². The summed E-state index contributed by atoms with van der Waals surface area (Å²) in [5, 5.41) is 40.0. The number of rotatable bonds is 34. The van der Waals surface area contributed by atoms with Crippen LogP contribution in [0.3, 0.4) is 0 Å². The Kier molecular flexibility index (Phi) is 31.3. The van der Waals surface area contributed by atoms with Crippen molar-refractivity contribution in [3.05, 3.63) is 24.3 Å². The third kappa shape index (κ3) is 24.8. The van der Waals surface area contributed by atoms with E-state index in [0.717, 1.165) is 57.8 Å². The zero-order valence-electron chi connectivity index (χ0n) is 31.9. The number of aliphatic hydroxyl groups is 4. The minimum atomic E-state index is -1.54. The van der Waals surface area contributed by atoms with Gasteiger partial charge in [0.2, 0.25) is 0 Å². The number of hydrogen-bond donors (Lipinski definition) is 4. The first-order valence-electron chi connectivity index (χ1n) is 20.4. The molecule has 0 bridgehead atoms. The molecule has 0 radical (unpaired) electrons. The van der Waals surface area contributed by atoms with E-state index in [9.17, 15) is 25.2 Å². The molecule has 1 saturated heterocycles. The van der Waals surface area contributed by atoms with Crippen LogP contribution in [0.4, 0.5) is 0 Å². The van der Waals surface area contributed by atoms with Crippen molar-refractivity contribution in [1.82, 2.24) is 0 Å². The van der Waals surface area contributed by atoms with Gasteiger partial charge in [0.05, 0.1) is 19.8 Å². The van der Waals surface area contributed by atoms with Crippen LogP contribution < -0.4 is 0 Å². The van der Waals surface area contributed by atoms with Crippen molar-refractivity contribution in [3.8, 4) is 0 Å². The largest absolute Gasteiger partial charge is 0.457 e. The normalized spacial score (nSPS) is 21.8. The summed E-state index contributed by atoms with van der Waals surface area (Å²) in [6, 6.07) is 0. The minimum absolute atomic E-state index is 0.117. The van der Waals surface area contributed by atoms with Crippen LogP contribution in [-0.4, -0.2) is 89.6 Å². The Morgan fingerprint density at radius 3 is 1.68 bits per heavy atom. The maximum atomic E-state index is 12.7. The van der Waals surface area contributed by atoms with Crippen molar-refractivity contribution < 1.29 is 44.2 Å². The molecule has 4 N–H and O–H groups in total. The Hall–Kier alpha value is -1.33. The number of unbranched alkanes of at least 4 members (excludes halogenated alkanes) is 19. The van der Waals surface area contributed by atoms with E-state index in [-0.39, 0.29) is 19.2 Å². The summed E-state index contributed by atoms with van der Waals surface area (Å²) in [7, 11) is 0. The van der Waals surface area contributed by atoms with E-state index in [1.165, 1.54) is 89.9 Å². The third-order valence-electron chi connectivity index (χ3n) is 9.34. The van der Waals surface area contributed by atoms with E-state index in [1.54, 1.807) is 0 Å². The lowest BCUT2D eigenvalue weighted by Gasteiger charge is -2.39. The van der Waals surface area contributed by atoms with Gasteiger partial charge in [-0.15, -0.1) is 0 Å². The molecular weight excluding hydrogens is 636 g/mol. The van der Waals surface area contributed by atoms with Crippen molar-refractivity contribution >= 4 is 5.97 Å². The number of carbonyl (C=O) groups excluding carboxylic acids is 1. The molecule has 294 valence electrons. The fourth-order valence-electron chi connectivity index (χ4n) is 6.05. The second-order valence-electron chi connectivity index (χ2n) is 14.1. The fourth-order valence-corrected chi connectivity index (χ4v) is 6.05. The van der Waals surface area contributed by atoms with Crippen LogP contribution in [0.15, 0.2) is 24.3 Å². The van der Waals surface area contributed by atoms with E-state index in [2.05, 4.69) is 38.2 Å². The lowest BCUT2D eigenvalue weighted by Crippen LogP contribution is -2.59. The number of aliphatic hydroxyl groups excluding tert-OH is 4. The number of ether oxygens (including phenoxy) is 4. The van der Waals surface area contributed by atoms with Crippen molar-refractivity contribution in [3.63, 3.8) is 0 Å². The van der Waals surface area contributed by atoms with Crippen LogP contribution in [0.5, 0.6) is 0 Å². The van der Waals surface area contributed by atoms with Crippen LogP contribution in [0.1, 0.15) is 168 Å². The molecule has 0 saturated carbocycles. The second kappa shape index (κ2) is 33.5. The topological polar surface area (TPSA) is 135 Å². The van der Waals surface area contributed by atoms with E-state index in [4.69, 9.17) is 18.9 Å². The predicted octanol–water partition coefficient (Wildman–Crippen LogP) is 8.25. The number of allylic oxidation sites excluding steroid dienone is 4. The standard InChI is InChI=1S/C41H76O9/c1-3-5-7-9-11-13-15-17-18-19-20-22-24-26-28-30-37(43)49-35(34-48-41-40(46)39(45)38(44)36(32-42)50-41)33-47-31-29-27-25-23-21-16-14-12-10-8-6-4-2/h10,12,17-18,35-36,38-42,44-46H,3-9,11,13-16,19-34H2,1-2H3/b12-10-,18-17-. The van der Waals surface area contributed by atoms with Gasteiger partial charge in [0.25, 0.3) is 0 Å². The average molecular weight is 713 g/mol. The highest BCUT2D eigenvalue weighted by molar-refractivity contribution is 5.69. The molecule has 1 fully saturated rings. The van der Waals surface area contributed by atoms with Gasteiger partial charge in [-0.05, 0) is 57.8 Å². The summed E-state index contributed by atoms with van der Waals surface area (Å²) in [5.74, 6) is -0.325. The molecule has 1 heterocycles. The first-order valence-corrected chi connectivity index (χ1v) is 20.4. The smallest absolute Gasteiger partial charge is 0.306 e. The van der Waals surface area contributed by atoms with Crippen LogP contribution in [0.25, 0.3) is 0 Å². The van der Waals surface area contributed by atoms with E-state index >= 15 is 0 Å². The molecule has 1 rings (SSSR count). The number of esters is 1. The van der Waals surface area contributed by atoms with Gasteiger partial charge in [0.1, 0.15) is 30.5 Å². The minimum Gasteiger partial charge on any atom is -0.457 e. The molecular formula is C41H76O9. The summed E-state index contributed by atoms with van der Waals surface area (Å²) >= 11 is 0. The van der Waals surface area contributed by atoms with Crippen LogP contribution in [-0.2, 0) is 23.7 Å². The van der Waals surface area contributed by atoms with Crippen molar-refractivity contribution in [2.75, 3.05) is 26.4 Å². The van der Waals surface area contributed by atoms with Crippen molar-refractivity contribution in [2.24, 2.45) is 0 Å². The lowest BCUT2D eigenvalue weighted by atomic mass is 9.99. The van der Waals surface area contributed by atoms with E-state index < -0.39 is 43.4 Å². The molecule has 9 nitrogen and oxygen atoms in total. The summed E-state index contributed by atoms with van der Waals surface area (Å²) in [5.41, 5.74) is 0. The highest BCUT2D eigenvalue weighted by Crippen LogP contribution is 2.22. The Morgan fingerprint density at radius 1 is 0.620 bits per heavy atom. The molecule has 0 aromatic carbocycles. The molecule has 0 aromatic rings. The Labute approximate surface area is 305 Å². The molecule has 9 heteroatoms. The molecule has 0 aromatic heterocycles. The van der Waals surface area contributed by atoms with Crippen LogP contribution >= 0.6 is 0 Å². The molecule has 6 unspecified atom stereocenters. The van der Waals surface area contributed by atoms with Gasteiger partial charge in [-0.1, -0.05) is 128 Å². The molecule has 50 heavy (non-hydrogen) atoms. The van der Waals surface area contributed by atoms with Gasteiger partial charge in [-0.2, -0.15) is 0 Å². The Balaban J connectivity index is 2.32. The molecule has 0 aliphatic carbocycles. The van der Waals surface area contributed by atoms with E-state index in [0.29, 0.717) is 13.0 Å². The third-order valence-corrected chi connectivity index (χ3v) is 9.34. The zero-order chi connectivity index (χ0) is 36.5. The number of hydrogen-bond acceptors (Lipinski definition) is 9. The molecule has 0 spiro atoms. The number of carbonyl (C=O) groups is 1. The van der Waals surface area contributed by atoms with Crippen LogP contribution in [0, 0.1) is 0 Å². The van der Waals surface area contributed by atoms with Gasteiger partial charge < -0.3 is 39.4 Å². The maximum absolute atomic E-state index is 12.7. The predicted molar refractivity (Wildman–Crippen MR) is 201 cm³/mol. The van der Waals surface area contributed by atoms with Gasteiger partial charge >= 0.3 is 5.97 Å². The van der Waals surface area contributed by atoms with Crippen molar-refractivity contribution in [2.45, 2.75) is 205 Å². The monoisotopic (exact) mass is 713 g/mol. The Morgan fingerprint density at radius 2 is 1.12 bits per heavy atom. The zero-order valence-corrected chi connectivity index (χ0v) is 31.9. The first-order chi connectivity index (χ1) is 24.4. The molecule has 1 aliphatic rings. The summed E-state index contributed by atoms with van der Waals surface area (Å²) < 4.78 is 22.7. The van der Waals surface area contributed by atoms with Gasteiger partial charge in [-0.25, -0.2) is 0 Å². The van der Waals surface area contributed by atoms with E-state index in [1.807, 2.05) is 0 Å². The second-order valence-corrected chi connectivity index (χ2v) is 14.1. The fraction of sp³-hybridized carbons (Fsp3) is 0.878. The summed E-state index contributed by atoms with van der Waals surface area (Å²) in [6.07, 6.45) is 29.1. The van der Waals surface area contributed by atoms with Gasteiger partial charge in [-0.3, -0.25) is 4.79 Å². The maximum Gasteiger partial charge on any atom is 0.306 e. The Bertz CT molecular complexity index is 818. The van der Waals surface area contributed by atoms with Crippen LogP contribution in [0.2, 0.25) is 0 Å². The highest BCUT2D eigenvalue weighted by atomic mass is 16.7. The average Bonchev–Trinajstić information content (AvgIpc) is 3.11. The molecule has 1 aliphatic heterocycles. The summed E-state index contributed by atoms with van der Waals surface area (Å²) in [6.45, 7) is 4.49. The SMILES string of the molecule is CCCC/C=C\CCCCCCCCOCC(COC1OC(CO)C(O)C(O)C1O)OC(=O)CCCCCCC/C=C\CCCCCCCC. The highest BCUT2D eigenvalue weighted by Gasteiger charge is 2.44.